The van der Waals surface area contributed by atoms with E-state index in [4.69, 9.17) is 9.59 Å². The number of hydrogen-bond donors (Lipinski definition) is 8. The highest BCUT2D eigenvalue weighted by atomic mass is 16.4. The fourth-order valence-corrected chi connectivity index (χ4v) is 15.9. The minimum absolute atomic E-state index is 0.0284. The van der Waals surface area contributed by atoms with Crippen LogP contribution in [0.3, 0.4) is 0 Å². The number of carboxylic acid groups (broad SMARTS) is 3. The van der Waals surface area contributed by atoms with Crippen molar-refractivity contribution in [3.63, 3.8) is 0 Å². The van der Waals surface area contributed by atoms with Gasteiger partial charge in [-0.1, -0.05) is 218 Å². The molecule has 0 saturated heterocycles. The third kappa shape index (κ3) is 43.2. The monoisotopic (exact) mass is 1410 g/mol. The van der Waals surface area contributed by atoms with Crippen LogP contribution in [0.25, 0.3) is 0 Å². The predicted octanol–water partition coefficient (Wildman–Crippen LogP) is 14.5. The van der Waals surface area contributed by atoms with Crippen LogP contribution in [0.2, 0.25) is 0 Å². The number of carboxylic acids is 3. The number of carbonyl (C=O) groups is 11. The Kier molecular flexibility index (Phi) is 49.2. The zero-order chi connectivity index (χ0) is 73.0. The highest BCUT2D eigenvalue weighted by Crippen LogP contribution is 2.34. The summed E-state index contributed by atoms with van der Waals surface area (Å²) in [4.78, 5) is 162. The van der Waals surface area contributed by atoms with Gasteiger partial charge in [-0.2, -0.15) is 9.59 Å². The van der Waals surface area contributed by atoms with E-state index >= 15 is 0 Å². The topological polar surface area (TPSA) is 343 Å². The Labute approximate surface area is 598 Å². The maximum Gasteiger partial charge on any atom is 0.373 e. The van der Waals surface area contributed by atoms with E-state index in [0.29, 0.717) is 121 Å². The van der Waals surface area contributed by atoms with Gasteiger partial charge in [-0.05, 0) is 107 Å². The zero-order valence-electron chi connectivity index (χ0n) is 61.5. The summed E-state index contributed by atoms with van der Waals surface area (Å²) in [6.07, 6.45) is 42.5. The van der Waals surface area contributed by atoms with E-state index in [0.717, 1.165) is 102 Å². The number of Topliss-reactive ketones (excluding diaryl/α,β-unsaturated/α-hetero) is 3. The standard InChI is InChI=1S/C78H133N5O14.CO2/c1-58(84)79-54-52-74(90)82-69(49-51-73(89)81-67(70(86)44-27-4-2-3-15-31-59-32-16-5-6-17-33-59)47-46-66(85)43-26-13-24-40-63(76(92)93)55-60-34-18-7-8-19-35-60)75(91)83-68(71(87)45-28-14-25-41-64(77(94)95)56-61-36-20-9-10-21-37-61)48-50-72(88)80-53-30-29-42-65(78(96)97)57-62-38-22-11-12-23-39-62;2-1-3/h59-65,67-69H,2-57H2,1H3,(H,79,84)(H,80,88)(H,81,89)(H,82,90)(H,83,91)(H,92,93)(H,94,95)(H,96,97);/t63-,64-,65-,67+,68+,69+;/m1./s1. The molecule has 0 aromatic rings. The van der Waals surface area contributed by atoms with E-state index in [2.05, 4.69) is 26.6 Å². The summed E-state index contributed by atoms with van der Waals surface area (Å²) in [5.74, 6) is -4.89. The van der Waals surface area contributed by atoms with Crippen molar-refractivity contribution in [2.45, 2.75) is 372 Å². The Morgan fingerprint density at radius 1 is 0.340 bits per heavy atom. The van der Waals surface area contributed by atoms with Crippen molar-refractivity contribution < 1.29 is 77.6 Å². The molecule has 6 atom stereocenters. The molecule has 5 amide bonds. The van der Waals surface area contributed by atoms with Crippen LogP contribution in [0.15, 0.2) is 0 Å². The van der Waals surface area contributed by atoms with Gasteiger partial charge in [-0.3, -0.25) is 52.7 Å². The molecule has 0 aromatic heterocycles. The molecule has 570 valence electrons. The van der Waals surface area contributed by atoms with E-state index in [1.54, 1.807) is 0 Å². The number of carbonyl (C=O) groups excluding carboxylic acids is 10. The van der Waals surface area contributed by atoms with Crippen molar-refractivity contribution in [3.8, 4) is 0 Å². The molecule has 0 bridgehead atoms. The lowest BCUT2D eigenvalue weighted by atomic mass is 9.86. The highest BCUT2D eigenvalue weighted by molar-refractivity contribution is 5.94. The van der Waals surface area contributed by atoms with Gasteiger partial charge < -0.3 is 41.9 Å². The first-order valence-corrected chi connectivity index (χ1v) is 39.9. The lowest BCUT2D eigenvalue weighted by Gasteiger charge is -2.24. The minimum atomic E-state index is -1.36. The average molecular weight is 1410 g/mol. The minimum Gasteiger partial charge on any atom is -0.481 e. The second-order valence-corrected chi connectivity index (χ2v) is 30.3. The van der Waals surface area contributed by atoms with Gasteiger partial charge >= 0.3 is 24.1 Å². The smallest absolute Gasteiger partial charge is 0.373 e. The van der Waals surface area contributed by atoms with Gasteiger partial charge in [-0.25, -0.2) is 0 Å². The Morgan fingerprint density at radius 3 is 1.14 bits per heavy atom. The Morgan fingerprint density at radius 2 is 0.690 bits per heavy atom. The zero-order valence-corrected chi connectivity index (χ0v) is 61.5. The molecule has 4 saturated carbocycles. The number of nitrogens with one attached hydrogen (secondary N) is 5. The molecule has 4 rings (SSSR count). The molecular weight excluding hydrogens is 1270 g/mol. The van der Waals surface area contributed by atoms with Gasteiger partial charge in [0.25, 0.3) is 0 Å². The van der Waals surface area contributed by atoms with Crippen LogP contribution in [-0.2, 0) is 62.3 Å². The Bertz CT molecular complexity index is 2400. The van der Waals surface area contributed by atoms with Gasteiger partial charge in [0.15, 0.2) is 11.6 Å². The van der Waals surface area contributed by atoms with E-state index in [1.165, 1.54) is 96.8 Å². The van der Waals surface area contributed by atoms with Gasteiger partial charge in [0.1, 0.15) is 11.8 Å². The summed E-state index contributed by atoms with van der Waals surface area (Å²) in [6.45, 7) is 1.57. The van der Waals surface area contributed by atoms with Crippen LogP contribution in [-0.4, -0.2) is 117 Å². The first kappa shape index (κ1) is 88.4. The molecule has 21 nitrogen and oxygen atoms in total. The molecule has 0 spiro atoms. The molecule has 0 unspecified atom stereocenters. The van der Waals surface area contributed by atoms with Crippen LogP contribution < -0.4 is 26.6 Å². The number of amides is 5. The fourth-order valence-electron chi connectivity index (χ4n) is 15.9. The number of hydrogen-bond acceptors (Lipinski definition) is 13. The summed E-state index contributed by atoms with van der Waals surface area (Å²) >= 11 is 0. The largest absolute Gasteiger partial charge is 0.481 e. The predicted molar refractivity (Wildman–Crippen MR) is 384 cm³/mol. The van der Waals surface area contributed by atoms with Crippen LogP contribution in [0, 0.1) is 41.4 Å². The highest BCUT2D eigenvalue weighted by Gasteiger charge is 2.31. The molecular formula is C79H133N5O16. The maximum absolute atomic E-state index is 14.5. The first-order chi connectivity index (χ1) is 48.3. The summed E-state index contributed by atoms with van der Waals surface area (Å²) in [5.41, 5.74) is 0. The second-order valence-electron chi connectivity index (χ2n) is 30.3. The quantitative estimate of drug-likeness (QED) is 0.0207. The first-order valence-electron chi connectivity index (χ1n) is 39.9. The number of unbranched alkanes of at least 4 members (excludes halogenated alkanes) is 9. The molecule has 4 fully saturated rings. The summed E-state index contributed by atoms with van der Waals surface area (Å²) in [7, 11) is 0. The lowest BCUT2D eigenvalue weighted by molar-refractivity contribution is -0.192. The Balaban J connectivity index is 0.00000851. The number of rotatable bonds is 52. The van der Waals surface area contributed by atoms with Crippen LogP contribution in [0.1, 0.15) is 354 Å². The molecule has 4 aliphatic rings. The molecule has 100 heavy (non-hydrogen) atoms. The third-order valence-corrected chi connectivity index (χ3v) is 22.0. The van der Waals surface area contributed by atoms with Crippen LogP contribution >= 0.6 is 0 Å². The SMILES string of the molecule is CC(=O)NCCC(=O)N[C@@H](CCC(=O)N[C@@H](CCC(=O)CCCCC[C@H](CC1CCCCCC1)C(=O)O)C(=O)CCCCCCCC1CCCCCC1)C(=O)N[C@@H](CCC(=O)NCCCC[C@H](CC1CCCCCC1)C(=O)O)C(=O)CCCCC[C@H](CC1CCCCCC1)C(=O)O.O=C=O. The van der Waals surface area contributed by atoms with Crippen molar-refractivity contribution in [1.29, 1.82) is 0 Å². The molecule has 0 aromatic carbocycles. The molecule has 0 heterocycles. The molecule has 4 aliphatic carbocycles. The maximum atomic E-state index is 14.5. The number of aliphatic carboxylic acids is 3. The third-order valence-electron chi connectivity index (χ3n) is 22.0. The molecule has 0 aliphatic heterocycles. The van der Waals surface area contributed by atoms with E-state index in [9.17, 15) is 68.1 Å². The van der Waals surface area contributed by atoms with Crippen molar-refractivity contribution in [2.24, 2.45) is 41.4 Å². The summed E-state index contributed by atoms with van der Waals surface area (Å²) < 4.78 is 0. The number of ketones is 3. The van der Waals surface area contributed by atoms with Gasteiger partial charge in [-0.15, -0.1) is 0 Å². The molecule has 21 heteroatoms. The van der Waals surface area contributed by atoms with Crippen molar-refractivity contribution in [3.05, 3.63) is 0 Å². The lowest BCUT2D eigenvalue weighted by Crippen LogP contribution is -2.52. The van der Waals surface area contributed by atoms with Crippen molar-refractivity contribution in [1.82, 2.24) is 26.6 Å². The van der Waals surface area contributed by atoms with E-state index < -0.39 is 71.5 Å². The van der Waals surface area contributed by atoms with E-state index in [-0.39, 0.29) is 106 Å². The average Bonchev–Trinajstić information content (AvgIpc) is 1.08. The van der Waals surface area contributed by atoms with Crippen LogP contribution in [0.4, 0.5) is 0 Å². The second kappa shape index (κ2) is 55.7. The molecule has 0 radical (unpaired) electrons. The van der Waals surface area contributed by atoms with Crippen molar-refractivity contribution in [2.75, 3.05) is 13.1 Å². The van der Waals surface area contributed by atoms with E-state index in [1.807, 2.05) is 0 Å². The van der Waals surface area contributed by atoms with Gasteiger partial charge in [0.2, 0.25) is 29.5 Å². The Hall–Kier alpha value is -5.85. The summed E-state index contributed by atoms with van der Waals surface area (Å²) in [5, 5.41) is 44.0. The van der Waals surface area contributed by atoms with Crippen molar-refractivity contribution >= 4 is 70.9 Å². The molecule has 8 N–H and O–H groups in total. The summed E-state index contributed by atoms with van der Waals surface area (Å²) in [6, 6.07) is -3.51. The fraction of sp³-hybridized carbons (Fsp3) is 0.848. The van der Waals surface area contributed by atoms with Crippen LogP contribution in [0.5, 0.6) is 0 Å². The van der Waals surface area contributed by atoms with Gasteiger partial charge in [0, 0.05) is 65.0 Å². The normalized spacial score (nSPS) is 17.8. The van der Waals surface area contributed by atoms with Gasteiger partial charge in [0.05, 0.1) is 29.8 Å².